The third kappa shape index (κ3) is 4.35. The van der Waals surface area contributed by atoms with Gasteiger partial charge in [-0.25, -0.2) is 12.8 Å². The fraction of sp³-hybridized carbons (Fsp3) is 0.500. The van der Waals surface area contributed by atoms with Gasteiger partial charge in [0.1, 0.15) is 12.7 Å². The minimum atomic E-state index is -3.92. The van der Waals surface area contributed by atoms with E-state index < -0.39 is 28.6 Å². The summed E-state index contributed by atoms with van der Waals surface area (Å²) in [4.78, 5) is 23.9. The van der Waals surface area contributed by atoms with Crippen molar-refractivity contribution in [1.82, 2.24) is 14.9 Å². The molecule has 1 aliphatic rings. The van der Waals surface area contributed by atoms with Crippen LogP contribution in [0.4, 0.5) is 4.39 Å². The lowest BCUT2D eigenvalue weighted by Crippen LogP contribution is -2.51. The molecule has 2 N–H and O–H groups in total. The molecule has 0 bridgehead atoms. The third-order valence-corrected chi connectivity index (χ3v) is 5.99. The molecule has 0 saturated carbocycles. The van der Waals surface area contributed by atoms with E-state index in [0.29, 0.717) is 12.8 Å². The van der Waals surface area contributed by atoms with Gasteiger partial charge >= 0.3 is 0 Å². The van der Waals surface area contributed by atoms with Crippen molar-refractivity contribution in [3.05, 3.63) is 29.8 Å². The molecular weight excluding hydrogens is 349 g/mol. The summed E-state index contributed by atoms with van der Waals surface area (Å²) in [5, 5.41) is 4.85. The van der Waals surface area contributed by atoms with Crippen molar-refractivity contribution >= 4 is 21.8 Å². The molecule has 2 rings (SSSR count). The summed E-state index contributed by atoms with van der Waals surface area (Å²) in [6, 6.07) is 4.79. The summed E-state index contributed by atoms with van der Waals surface area (Å²) in [5.41, 5.74) is 0.128. The van der Waals surface area contributed by atoms with Crippen molar-refractivity contribution in [3.63, 3.8) is 0 Å². The zero-order chi connectivity index (χ0) is 18.4. The highest BCUT2D eigenvalue weighted by Crippen LogP contribution is 2.26. The van der Waals surface area contributed by atoms with Crippen LogP contribution in [0, 0.1) is 0 Å². The molecule has 1 atom stereocenters. The first-order chi connectivity index (χ1) is 11.9. The van der Waals surface area contributed by atoms with Crippen LogP contribution in [0.3, 0.4) is 0 Å². The van der Waals surface area contributed by atoms with E-state index >= 15 is 0 Å². The minimum absolute atomic E-state index is 0.0591. The van der Waals surface area contributed by atoms with Crippen LogP contribution in [-0.2, 0) is 14.8 Å². The van der Waals surface area contributed by atoms with Gasteiger partial charge in [0.25, 0.3) is 5.91 Å². The molecule has 1 unspecified atom stereocenters. The van der Waals surface area contributed by atoms with E-state index in [4.69, 9.17) is 0 Å². The van der Waals surface area contributed by atoms with Gasteiger partial charge in [0.2, 0.25) is 15.9 Å². The molecule has 2 amide bonds. The second-order valence-electron chi connectivity index (χ2n) is 5.71. The van der Waals surface area contributed by atoms with Crippen LogP contribution in [0.25, 0.3) is 0 Å². The number of nitrogens with one attached hydrogen (secondary N) is 2. The number of sulfonamides is 1. The normalized spacial score (nSPS) is 18.6. The van der Waals surface area contributed by atoms with Crippen molar-refractivity contribution in [2.45, 2.75) is 30.2 Å². The number of hydrogen-bond donors (Lipinski definition) is 2. The number of alkyl halides is 1. The fourth-order valence-corrected chi connectivity index (χ4v) is 4.52. The molecule has 1 aliphatic heterocycles. The maximum Gasteiger partial charge on any atom is 0.251 e. The van der Waals surface area contributed by atoms with Crippen LogP contribution in [0.5, 0.6) is 0 Å². The SMILES string of the molecule is CNC(=O)C1CCCCN1S(=O)(=O)c1cccc(C(=O)NCCF)c1. The van der Waals surface area contributed by atoms with Gasteiger partial charge in [-0.2, -0.15) is 4.31 Å². The lowest BCUT2D eigenvalue weighted by Gasteiger charge is -2.33. The van der Waals surface area contributed by atoms with Gasteiger partial charge in [-0.15, -0.1) is 0 Å². The number of halogens is 1. The van der Waals surface area contributed by atoms with Crippen LogP contribution in [-0.4, -0.2) is 57.4 Å². The quantitative estimate of drug-likeness (QED) is 0.768. The topological polar surface area (TPSA) is 95.6 Å². The highest BCUT2D eigenvalue weighted by atomic mass is 32.2. The van der Waals surface area contributed by atoms with Crippen LogP contribution < -0.4 is 10.6 Å². The summed E-state index contributed by atoms with van der Waals surface area (Å²) < 4.78 is 39.3. The molecule has 0 radical (unpaired) electrons. The third-order valence-electron chi connectivity index (χ3n) is 4.09. The summed E-state index contributed by atoms with van der Waals surface area (Å²) in [6.07, 6.45) is 1.90. The fourth-order valence-electron chi connectivity index (χ4n) is 2.82. The van der Waals surface area contributed by atoms with Crippen LogP contribution in [0.2, 0.25) is 0 Å². The molecule has 1 aromatic rings. The second-order valence-corrected chi connectivity index (χ2v) is 7.60. The van der Waals surface area contributed by atoms with E-state index in [1.54, 1.807) is 0 Å². The maximum atomic E-state index is 13.0. The zero-order valence-corrected chi connectivity index (χ0v) is 14.8. The molecule has 9 heteroatoms. The molecule has 0 aliphatic carbocycles. The number of piperidine rings is 1. The van der Waals surface area contributed by atoms with E-state index in [-0.39, 0.29) is 29.5 Å². The summed E-state index contributed by atoms with van der Waals surface area (Å²) in [6.45, 7) is -0.593. The lowest BCUT2D eigenvalue weighted by atomic mass is 10.0. The molecule has 1 heterocycles. The number of hydrogen-bond acceptors (Lipinski definition) is 4. The van der Waals surface area contributed by atoms with Gasteiger partial charge in [-0.3, -0.25) is 9.59 Å². The Hall–Kier alpha value is -2.00. The Morgan fingerprint density at radius 3 is 2.76 bits per heavy atom. The standard InChI is InChI=1S/C16H22FN3O4S/c1-18-16(22)14-7-2-3-10-20(14)25(23,24)13-6-4-5-12(11-13)15(21)19-9-8-17/h4-6,11,14H,2-3,7-10H2,1H3,(H,18,22)(H,19,21). The smallest absolute Gasteiger partial charge is 0.251 e. The Morgan fingerprint density at radius 2 is 2.08 bits per heavy atom. The molecule has 0 aromatic heterocycles. The zero-order valence-electron chi connectivity index (χ0n) is 14.0. The van der Waals surface area contributed by atoms with Crippen molar-refractivity contribution < 1.29 is 22.4 Å². The molecule has 1 fully saturated rings. The molecule has 7 nitrogen and oxygen atoms in total. The Labute approximate surface area is 146 Å². The van der Waals surface area contributed by atoms with Crippen molar-refractivity contribution in [2.24, 2.45) is 0 Å². The van der Waals surface area contributed by atoms with Gasteiger partial charge in [-0.05, 0) is 31.0 Å². The first kappa shape index (κ1) is 19.3. The first-order valence-corrected chi connectivity index (χ1v) is 9.53. The van der Waals surface area contributed by atoms with Gasteiger partial charge in [0.15, 0.2) is 0 Å². The van der Waals surface area contributed by atoms with E-state index in [9.17, 15) is 22.4 Å². The molecule has 1 saturated heterocycles. The van der Waals surface area contributed by atoms with Crippen LogP contribution in [0.15, 0.2) is 29.2 Å². The van der Waals surface area contributed by atoms with Gasteiger partial charge in [0, 0.05) is 25.7 Å². The Morgan fingerprint density at radius 1 is 1.32 bits per heavy atom. The number of nitrogens with zero attached hydrogens (tertiary/aromatic N) is 1. The highest BCUT2D eigenvalue weighted by Gasteiger charge is 2.37. The second kappa shape index (κ2) is 8.39. The van der Waals surface area contributed by atoms with Crippen molar-refractivity contribution in [1.29, 1.82) is 0 Å². The van der Waals surface area contributed by atoms with Crippen LogP contribution in [0.1, 0.15) is 29.6 Å². The van der Waals surface area contributed by atoms with Crippen molar-refractivity contribution in [3.8, 4) is 0 Å². The predicted octanol–water partition coefficient (Wildman–Crippen LogP) is 0.675. The van der Waals surface area contributed by atoms with Gasteiger partial charge in [0.05, 0.1) is 4.90 Å². The lowest BCUT2D eigenvalue weighted by molar-refractivity contribution is -0.125. The predicted molar refractivity (Wildman–Crippen MR) is 90.3 cm³/mol. The Balaban J connectivity index is 2.32. The maximum absolute atomic E-state index is 13.0. The number of benzene rings is 1. The van der Waals surface area contributed by atoms with Gasteiger partial charge in [-0.1, -0.05) is 12.5 Å². The molecule has 0 spiro atoms. The number of carbonyl (C=O) groups excluding carboxylic acids is 2. The largest absolute Gasteiger partial charge is 0.358 e. The minimum Gasteiger partial charge on any atom is -0.358 e. The Bertz CT molecular complexity index is 739. The van der Waals surface area contributed by atoms with Gasteiger partial charge < -0.3 is 10.6 Å². The van der Waals surface area contributed by atoms with Crippen molar-refractivity contribution in [2.75, 3.05) is 26.8 Å². The summed E-state index contributed by atoms with van der Waals surface area (Å²) in [5.74, 6) is -0.892. The van der Waals surface area contributed by atoms with E-state index in [2.05, 4.69) is 10.6 Å². The monoisotopic (exact) mass is 371 g/mol. The molecule has 138 valence electrons. The summed E-state index contributed by atoms with van der Waals surface area (Å²) >= 11 is 0. The number of rotatable bonds is 6. The molecule has 25 heavy (non-hydrogen) atoms. The highest BCUT2D eigenvalue weighted by molar-refractivity contribution is 7.89. The molecule has 1 aromatic carbocycles. The van der Waals surface area contributed by atoms with E-state index in [1.165, 1.54) is 35.6 Å². The van der Waals surface area contributed by atoms with E-state index in [0.717, 1.165) is 6.42 Å². The molecular formula is C16H22FN3O4S. The number of amides is 2. The average molecular weight is 371 g/mol. The van der Waals surface area contributed by atoms with Crippen LogP contribution >= 0.6 is 0 Å². The van der Waals surface area contributed by atoms with E-state index in [1.807, 2.05) is 0 Å². The Kier molecular flexibility index (Phi) is 6.49. The first-order valence-electron chi connectivity index (χ1n) is 8.09. The summed E-state index contributed by atoms with van der Waals surface area (Å²) in [7, 11) is -2.45. The average Bonchev–Trinajstić information content (AvgIpc) is 2.65. The number of carbonyl (C=O) groups is 2. The number of likely N-dealkylation sites (N-methyl/N-ethyl adjacent to an activating group) is 1.